The molecule has 1 atom stereocenters. The van der Waals surface area contributed by atoms with Gasteiger partial charge in [0.2, 0.25) is 11.9 Å². The predicted octanol–water partition coefficient (Wildman–Crippen LogP) is 2.18. The van der Waals surface area contributed by atoms with E-state index in [1.807, 2.05) is 25.8 Å². The number of hydrogen-bond donors (Lipinski definition) is 1. The Kier molecular flexibility index (Phi) is 5.32. The van der Waals surface area contributed by atoms with Gasteiger partial charge in [-0.05, 0) is 26.7 Å². The van der Waals surface area contributed by atoms with E-state index in [-0.39, 0.29) is 6.10 Å². The molecule has 0 aliphatic carbocycles. The Labute approximate surface area is 115 Å². The van der Waals surface area contributed by atoms with Crippen LogP contribution >= 0.6 is 0 Å². The summed E-state index contributed by atoms with van der Waals surface area (Å²) in [6.07, 6.45) is 0.0350. The summed E-state index contributed by atoms with van der Waals surface area (Å²) in [5.74, 6) is 1.65. The first-order chi connectivity index (χ1) is 8.85. The Morgan fingerprint density at radius 1 is 1.05 bits per heavy atom. The van der Waals surface area contributed by atoms with Crippen LogP contribution < -0.4 is 15.0 Å². The van der Waals surface area contributed by atoms with E-state index in [2.05, 4.69) is 41.0 Å². The Bertz CT molecular complexity index is 408. The van der Waals surface area contributed by atoms with Crippen LogP contribution in [-0.2, 0) is 0 Å². The number of anilines is 2. The topological polar surface area (TPSA) is 63.2 Å². The average Bonchev–Trinajstić information content (AvgIpc) is 2.35. The van der Waals surface area contributed by atoms with E-state index in [1.54, 1.807) is 7.05 Å². The van der Waals surface area contributed by atoms with Crippen molar-refractivity contribution in [2.24, 2.45) is 5.92 Å². The smallest absolute Gasteiger partial charge is 0.323 e. The second-order valence-electron chi connectivity index (χ2n) is 5.25. The zero-order valence-corrected chi connectivity index (χ0v) is 12.9. The molecule has 19 heavy (non-hydrogen) atoms. The lowest BCUT2D eigenvalue weighted by Gasteiger charge is -2.28. The van der Waals surface area contributed by atoms with Gasteiger partial charge in [-0.1, -0.05) is 13.8 Å². The summed E-state index contributed by atoms with van der Waals surface area (Å²) in [4.78, 5) is 15.0. The lowest BCUT2D eigenvalue weighted by Crippen LogP contribution is -2.34. The van der Waals surface area contributed by atoms with Crippen molar-refractivity contribution in [3.05, 3.63) is 0 Å². The predicted molar refractivity (Wildman–Crippen MR) is 77.8 cm³/mol. The Hall–Kier alpha value is -1.59. The minimum absolute atomic E-state index is 0.0350. The normalized spacial score (nSPS) is 12.7. The minimum atomic E-state index is 0.0350. The molecular weight excluding hydrogens is 242 g/mol. The highest BCUT2D eigenvalue weighted by Gasteiger charge is 2.18. The molecule has 0 aliphatic rings. The molecule has 0 fully saturated rings. The van der Waals surface area contributed by atoms with Crippen LogP contribution in [0.2, 0.25) is 0 Å². The molecule has 6 heteroatoms. The number of rotatable bonds is 6. The van der Waals surface area contributed by atoms with Crippen molar-refractivity contribution in [2.75, 3.05) is 24.3 Å². The molecule has 0 spiro atoms. The number of ether oxygens (including phenoxy) is 1. The fraction of sp³-hybridized carbons (Fsp3) is 0.769. The van der Waals surface area contributed by atoms with E-state index in [4.69, 9.17) is 4.74 Å². The van der Waals surface area contributed by atoms with Crippen LogP contribution in [0.5, 0.6) is 6.01 Å². The molecule has 1 rings (SSSR count). The quantitative estimate of drug-likeness (QED) is 0.852. The van der Waals surface area contributed by atoms with Crippen molar-refractivity contribution in [3.8, 4) is 6.01 Å². The first-order valence-corrected chi connectivity index (χ1v) is 6.68. The van der Waals surface area contributed by atoms with Gasteiger partial charge in [0.15, 0.2) is 0 Å². The fourth-order valence-electron chi connectivity index (χ4n) is 1.51. The third-order valence-corrected chi connectivity index (χ3v) is 3.06. The van der Waals surface area contributed by atoms with Gasteiger partial charge in [-0.3, -0.25) is 0 Å². The van der Waals surface area contributed by atoms with Crippen molar-refractivity contribution in [1.82, 2.24) is 15.0 Å². The van der Waals surface area contributed by atoms with Crippen LogP contribution in [-0.4, -0.2) is 41.2 Å². The lowest BCUT2D eigenvalue weighted by atomic mass is 10.1. The molecule has 1 unspecified atom stereocenters. The molecule has 0 saturated carbocycles. The maximum absolute atomic E-state index is 5.56. The summed E-state index contributed by atoms with van der Waals surface area (Å²) in [5.41, 5.74) is 0. The van der Waals surface area contributed by atoms with E-state index in [0.717, 1.165) is 0 Å². The third kappa shape index (κ3) is 4.22. The molecule has 1 heterocycles. The van der Waals surface area contributed by atoms with Gasteiger partial charge in [0.1, 0.15) is 0 Å². The van der Waals surface area contributed by atoms with E-state index in [0.29, 0.717) is 29.9 Å². The molecule has 0 saturated heterocycles. The van der Waals surface area contributed by atoms with Crippen LogP contribution in [0.25, 0.3) is 0 Å². The van der Waals surface area contributed by atoms with Crippen molar-refractivity contribution >= 4 is 11.9 Å². The maximum atomic E-state index is 5.56. The Balaban J connectivity index is 3.05. The van der Waals surface area contributed by atoms with Crippen LogP contribution in [0.15, 0.2) is 0 Å². The molecule has 6 nitrogen and oxygen atoms in total. The Morgan fingerprint density at radius 2 is 1.68 bits per heavy atom. The second kappa shape index (κ2) is 6.54. The fourth-order valence-corrected chi connectivity index (χ4v) is 1.51. The summed E-state index contributed by atoms with van der Waals surface area (Å²) in [6, 6.07) is 0.686. The van der Waals surface area contributed by atoms with Crippen molar-refractivity contribution < 1.29 is 4.74 Å². The standard InChI is InChI=1S/C13H25N5O/c1-8(2)10(5)18(7)12-15-11(14-6)16-13(17-12)19-9(3)4/h8-10H,1-7H3,(H,14,15,16,17). The first-order valence-electron chi connectivity index (χ1n) is 6.68. The number of hydrogen-bond acceptors (Lipinski definition) is 6. The molecule has 0 radical (unpaired) electrons. The second-order valence-corrected chi connectivity index (χ2v) is 5.25. The van der Waals surface area contributed by atoms with E-state index in [9.17, 15) is 0 Å². The summed E-state index contributed by atoms with van der Waals surface area (Å²) in [7, 11) is 3.77. The van der Waals surface area contributed by atoms with Gasteiger partial charge in [0.05, 0.1) is 6.10 Å². The number of nitrogens with one attached hydrogen (secondary N) is 1. The SMILES string of the molecule is CNc1nc(OC(C)C)nc(N(C)C(C)C(C)C)n1. The van der Waals surface area contributed by atoms with Crippen LogP contribution in [0.4, 0.5) is 11.9 Å². The summed E-state index contributed by atoms with van der Waals surface area (Å²) >= 11 is 0. The largest absolute Gasteiger partial charge is 0.461 e. The van der Waals surface area contributed by atoms with Gasteiger partial charge in [-0.15, -0.1) is 0 Å². The molecule has 1 N–H and O–H groups in total. The van der Waals surface area contributed by atoms with Gasteiger partial charge in [-0.2, -0.15) is 15.0 Å². The third-order valence-electron chi connectivity index (χ3n) is 3.06. The number of aromatic nitrogens is 3. The van der Waals surface area contributed by atoms with Gasteiger partial charge >= 0.3 is 6.01 Å². The molecule has 0 bridgehead atoms. The van der Waals surface area contributed by atoms with E-state index < -0.39 is 0 Å². The van der Waals surface area contributed by atoms with Gasteiger partial charge in [0, 0.05) is 20.1 Å². The molecular formula is C13H25N5O. The van der Waals surface area contributed by atoms with Gasteiger partial charge in [0.25, 0.3) is 0 Å². The van der Waals surface area contributed by atoms with Crippen molar-refractivity contribution in [2.45, 2.75) is 46.8 Å². The van der Waals surface area contributed by atoms with Gasteiger partial charge in [-0.25, -0.2) is 0 Å². The monoisotopic (exact) mass is 267 g/mol. The average molecular weight is 267 g/mol. The zero-order valence-electron chi connectivity index (χ0n) is 12.9. The van der Waals surface area contributed by atoms with Gasteiger partial charge < -0.3 is 15.0 Å². The molecule has 1 aromatic heterocycles. The summed E-state index contributed by atoms with van der Waals surface area (Å²) < 4.78 is 5.56. The highest BCUT2D eigenvalue weighted by molar-refractivity contribution is 5.38. The minimum Gasteiger partial charge on any atom is -0.461 e. The summed E-state index contributed by atoms with van der Waals surface area (Å²) in [6.45, 7) is 10.4. The zero-order chi connectivity index (χ0) is 14.6. The van der Waals surface area contributed by atoms with Crippen LogP contribution in [0.3, 0.4) is 0 Å². The molecule has 1 aromatic rings. The molecule has 0 amide bonds. The first kappa shape index (κ1) is 15.5. The highest BCUT2D eigenvalue weighted by Crippen LogP contribution is 2.19. The maximum Gasteiger partial charge on any atom is 0.323 e. The highest BCUT2D eigenvalue weighted by atomic mass is 16.5. The molecule has 108 valence electrons. The summed E-state index contributed by atoms with van der Waals surface area (Å²) in [5, 5.41) is 2.94. The Morgan fingerprint density at radius 3 is 2.16 bits per heavy atom. The molecule has 0 aromatic carbocycles. The van der Waals surface area contributed by atoms with Crippen molar-refractivity contribution in [1.29, 1.82) is 0 Å². The lowest BCUT2D eigenvalue weighted by molar-refractivity contribution is 0.222. The van der Waals surface area contributed by atoms with E-state index >= 15 is 0 Å². The van der Waals surface area contributed by atoms with Crippen molar-refractivity contribution in [3.63, 3.8) is 0 Å². The van der Waals surface area contributed by atoms with Crippen LogP contribution in [0, 0.1) is 5.92 Å². The molecule has 0 aliphatic heterocycles. The van der Waals surface area contributed by atoms with Crippen LogP contribution in [0.1, 0.15) is 34.6 Å². The van der Waals surface area contributed by atoms with E-state index in [1.165, 1.54) is 0 Å². The number of nitrogens with zero attached hydrogens (tertiary/aromatic N) is 4.